The molecular formula is C28H36N4O5S. The number of carbonyl (C=O) groups excluding carboxylic acids is 2. The quantitative estimate of drug-likeness (QED) is 0.376. The summed E-state index contributed by atoms with van der Waals surface area (Å²) in [6.45, 7) is 3.83. The van der Waals surface area contributed by atoms with E-state index >= 15 is 0 Å². The number of ether oxygens (including phenoxy) is 1. The van der Waals surface area contributed by atoms with Gasteiger partial charge in [-0.2, -0.15) is 4.72 Å². The number of amidine groups is 1. The van der Waals surface area contributed by atoms with Crippen LogP contribution in [-0.4, -0.2) is 57.9 Å². The van der Waals surface area contributed by atoms with Gasteiger partial charge >= 0.3 is 5.97 Å². The van der Waals surface area contributed by atoms with E-state index in [0.29, 0.717) is 13.0 Å². The Bertz CT molecular complexity index is 1240. The second-order valence-electron chi connectivity index (χ2n) is 9.84. The lowest BCUT2D eigenvalue weighted by Gasteiger charge is -2.25. The molecule has 1 heterocycles. The molecule has 2 aromatic carbocycles. The zero-order chi connectivity index (χ0) is 27.0. The Morgan fingerprint density at radius 2 is 1.76 bits per heavy atom. The van der Waals surface area contributed by atoms with Crippen LogP contribution in [-0.2, 0) is 30.8 Å². The number of esters is 1. The minimum atomic E-state index is -4.03. The summed E-state index contributed by atoms with van der Waals surface area (Å²) in [6.07, 6.45) is 4.51. The highest BCUT2D eigenvalue weighted by Crippen LogP contribution is 2.21. The first-order valence-electron chi connectivity index (χ1n) is 13.2. The molecule has 0 saturated heterocycles. The van der Waals surface area contributed by atoms with Crippen molar-refractivity contribution in [2.75, 3.05) is 19.6 Å². The van der Waals surface area contributed by atoms with Gasteiger partial charge < -0.3 is 15.4 Å². The number of aliphatic imine (C=N–C) groups is 1. The van der Waals surface area contributed by atoms with Crippen molar-refractivity contribution >= 4 is 27.7 Å². The Kier molecular flexibility index (Phi) is 9.52. The van der Waals surface area contributed by atoms with Gasteiger partial charge in [0.25, 0.3) is 0 Å². The van der Waals surface area contributed by atoms with E-state index in [9.17, 15) is 18.0 Å². The molecule has 1 amide bonds. The average molecular weight is 541 g/mol. The van der Waals surface area contributed by atoms with Crippen LogP contribution >= 0.6 is 0 Å². The van der Waals surface area contributed by atoms with Gasteiger partial charge in [0.15, 0.2) is 0 Å². The van der Waals surface area contributed by atoms with Crippen LogP contribution in [0.5, 0.6) is 0 Å². The van der Waals surface area contributed by atoms with E-state index in [2.05, 4.69) is 20.3 Å². The lowest BCUT2D eigenvalue weighted by molar-refractivity contribution is -0.153. The molecule has 2 aliphatic rings. The van der Waals surface area contributed by atoms with Gasteiger partial charge in [0.2, 0.25) is 15.9 Å². The molecule has 38 heavy (non-hydrogen) atoms. The summed E-state index contributed by atoms with van der Waals surface area (Å²) >= 11 is 0. The number of sulfonamides is 1. The van der Waals surface area contributed by atoms with Crippen molar-refractivity contribution < 1.29 is 22.7 Å². The van der Waals surface area contributed by atoms with Crippen molar-refractivity contribution in [3.8, 4) is 0 Å². The normalized spacial score (nSPS) is 16.8. The molecule has 204 valence electrons. The smallest absolute Gasteiger partial charge is 0.324 e. The molecule has 4 rings (SSSR count). The predicted octanol–water partition coefficient (Wildman–Crippen LogP) is 2.62. The van der Waals surface area contributed by atoms with E-state index in [0.717, 1.165) is 67.7 Å². The number of carbonyl (C=O) groups is 2. The molecule has 1 aliphatic heterocycles. The lowest BCUT2D eigenvalue weighted by Crippen LogP contribution is -2.46. The lowest BCUT2D eigenvalue weighted by atomic mass is 9.98. The molecule has 1 saturated carbocycles. The van der Waals surface area contributed by atoms with Crippen LogP contribution in [0.1, 0.15) is 55.2 Å². The van der Waals surface area contributed by atoms with Crippen LogP contribution in [0.15, 0.2) is 58.4 Å². The van der Waals surface area contributed by atoms with E-state index in [4.69, 9.17) is 4.74 Å². The zero-order valence-corrected chi connectivity index (χ0v) is 22.6. The van der Waals surface area contributed by atoms with Crippen LogP contribution in [0.25, 0.3) is 0 Å². The first-order chi connectivity index (χ1) is 18.3. The SMILES string of the molecule is Cc1ccc(S(=O)(=O)NC(CC(=O)NCCc2ccc(C3=NCCN3)cc2)C(=O)OC2CCCCC2)cc1. The summed E-state index contributed by atoms with van der Waals surface area (Å²) in [7, 11) is -4.03. The molecule has 1 atom stereocenters. The molecule has 2 aromatic rings. The summed E-state index contributed by atoms with van der Waals surface area (Å²) in [5.74, 6) is -0.255. The second-order valence-corrected chi connectivity index (χ2v) is 11.6. The topological polar surface area (TPSA) is 126 Å². The molecule has 9 nitrogen and oxygen atoms in total. The molecule has 1 aliphatic carbocycles. The fraction of sp³-hybridized carbons (Fsp3) is 0.464. The average Bonchev–Trinajstić information content (AvgIpc) is 3.45. The predicted molar refractivity (Wildman–Crippen MR) is 145 cm³/mol. The maximum atomic E-state index is 13.0. The second kappa shape index (κ2) is 13.0. The summed E-state index contributed by atoms with van der Waals surface area (Å²) in [5, 5.41) is 6.04. The van der Waals surface area contributed by atoms with Crippen molar-refractivity contribution in [1.82, 2.24) is 15.4 Å². The Balaban J connectivity index is 1.35. The number of amides is 1. The number of nitrogens with one attached hydrogen (secondary N) is 3. The van der Waals surface area contributed by atoms with Crippen LogP contribution in [0.3, 0.4) is 0 Å². The number of benzene rings is 2. The highest BCUT2D eigenvalue weighted by atomic mass is 32.2. The molecule has 0 spiro atoms. The maximum absolute atomic E-state index is 13.0. The van der Waals surface area contributed by atoms with E-state index in [1.807, 2.05) is 31.2 Å². The Morgan fingerprint density at radius 3 is 2.42 bits per heavy atom. The third kappa shape index (κ3) is 7.88. The summed E-state index contributed by atoms with van der Waals surface area (Å²) in [5.41, 5.74) is 2.98. The van der Waals surface area contributed by atoms with Crippen LogP contribution in [0, 0.1) is 6.92 Å². The molecule has 0 radical (unpaired) electrons. The Hall–Kier alpha value is -3.24. The standard InChI is InChI=1S/C28H36N4O5S/c1-20-7-13-24(14-8-20)38(35,36)32-25(28(34)37-23-5-3-2-4-6-23)19-26(33)29-16-15-21-9-11-22(12-10-21)27-30-17-18-31-27/h7-14,23,25,32H,2-6,15-19H2,1H3,(H,29,33)(H,30,31). The fourth-order valence-electron chi connectivity index (χ4n) is 4.60. The number of hydrogen-bond acceptors (Lipinski definition) is 7. The fourth-order valence-corrected chi connectivity index (χ4v) is 5.78. The van der Waals surface area contributed by atoms with Gasteiger partial charge in [0.1, 0.15) is 18.0 Å². The monoisotopic (exact) mass is 540 g/mol. The molecule has 3 N–H and O–H groups in total. The van der Waals surface area contributed by atoms with Gasteiger partial charge in [-0.3, -0.25) is 14.6 Å². The van der Waals surface area contributed by atoms with Gasteiger partial charge in [-0.1, -0.05) is 48.4 Å². The minimum absolute atomic E-state index is 0.0289. The van der Waals surface area contributed by atoms with Crippen LogP contribution < -0.4 is 15.4 Å². The number of nitrogens with zero attached hydrogens (tertiary/aromatic N) is 1. The molecule has 10 heteroatoms. The summed E-state index contributed by atoms with van der Waals surface area (Å²) in [4.78, 5) is 30.2. The summed E-state index contributed by atoms with van der Waals surface area (Å²) < 4.78 is 34.0. The molecule has 0 bridgehead atoms. The third-order valence-corrected chi connectivity index (χ3v) is 8.26. The third-order valence-electron chi connectivity index (χ3n) is 6.78. The van der Waals surface area contributed by atoms with E-state index < -0.39 is 27.9 Å². The van der Waals surface area contributed by atoms with Crippen LogP contribution in [0.4, 0.5) is 0 Å². The van der Waals surface area contributed by atoms with Crippen molar-refractivity contribution in [3.63, 3.8) is 0 Å². The maximum Gasteiger partial charge on any atom is 0.324 e. The molecule has 0 aromatic heterocycles. The highest BCUT2D eigenvalue weighted by molar-refractivity contribution is 7.89. The first kappa shape index (κ1) is 27.8. The van der Waals surface area contributed by atoms with Crippen molar-refractivity contribution in [1.29, 1.82) is 0 Å². The van der Waals surface area contributed by atoms with E-state index in [-0.39, 0.29) is 17.4 Å². The Morgan fingerprint density at radius 1 is 1.05 bits per heavy atom. The first-order valence-corrected chi connectivity index (χ1v) is 14.7. The minimum Gasteiger partial charge on any atom is -0.461 e. The van der Waals surface area contributed by atoms with Crippen molar-refractivity contribution in [2.24, 2.45) is 4.99 Å². The number of hydrogen-bond donors (Lipinski definition) is 3. The summed E-state index contributed by atoms with van der Waals surface area (Å²) in [6, 6.07) is 13.0. The van der Waals surface area contributed by atoms with E-state index in [1.165, 1.54) is 12.1 Å². The van der Waals surface area contributed by atoms with Gasteiger partial charge in [0, 0.05) is 18.7 Å². The largest absolute Gasteiger partial charge is 0.461 e. The van der Waals surface area contributed by atoms with Crippen LogP contribution in [0.2, 0.25) is 0 Å². The number of rotatable bonds is 11. The zero-order valence-electron chi connectivity index (χ0n) is 21.7. The number of aryl methyl sites for hydroxylation is 1. The molecular weight excluding hydrogens is 504 g/mol. The van der Waals surface area contributed by atoms with E-state index in [1.54, 1.807) is 12.1 Å². The van der Waals surface area contributed by atoms with Gasteiger partial charge in [-0.15, -0.1) is 0 Å². The van der Waals surface area contributed by atoms with Gasteiger partial charge in [-0.25, -0.2) is 8.42 Å². The van der Waals surface area contributed by atoms with Crippen molar-refractivity contribution in [2.45, 2.75) is 68.9 Å². The Labute approximate surface area is 224 Å². The highest BCUT2D eigenvalue weighted by Gasteiger charge is 2.31. The van der Waals surface area contributed by atoms with Crippen molar-refractivity contribution in [3.05, 3.63) is 65.2 Å². The molecule has 1 fully saturated rings. The van der Waals surface area contributed by atoms with Gasteiger partial charge in [-0.05, 0) is 56.7 Å². The molecule has 1 unspecified atom stereocenters. The van der Waals surface area contributed by atoms with Gasteiger partial charge in [0.05, 0.1) is 17.9 Å².